The Balaban J connectivity index is 4.17. The quantitative estimate of drug-likeness (QED) is 0.338. The fourth-order valence-electron chi connectivity index (χ4n) is 3.25. The van der Waals surface area contributed by atoms with E-state index in [2.05, 4.69) is 0 Å². The lowest BCUT2D eigenvalue weighted by molar-refractivity contribution is -0.146. The summed E-state index contributed by atoms with van der Waals surface area (Å²) in [6.07, 6.45) is -5.67. The summed E-state index contributed by atoms with van der Waals surface area (Å²) in [5.41, 5.74) is 0. The minimum atomic E-state index is -4.14. The third-order valence-corrected chi connectivity index (χ3v) is 4.36. The van der Waals surface area contributed by atoms with Gasteiger partial charge in [0, 0.05) is 12.8 Å². The minimum Gasteiger partial charge on any atom is -0.171 e. The van der Waals surface area contributed by atoms with Crippen LogP contribution in [0.25, 0.3) is 0 Å². The third kappa shape index (κ3) is 13.7. The molecule has 140 valence electrons. The van der Waals surface area contributed by atoms with Crippen LogP contribution in [0.1, 0.15) is 78.6 Å². The third-order valence-electron chi connectivity index (χ3n) is 4.36. The molecule has 0 spiro atoms. The van der Waals surface area contributed by atoms with Crippen molar-refractivity contribution >= 4 is 0 Å². The molecule has 0 rings (SSSR count). The Morgan fingerprint density at radius 1 is 0.739 bits per heavy atom. The van der Waals surface area contributed by atoms with Gasteiger partial charge in [0.25, 0.3) is 0 Å². The summed E-state index contributed by atoms with van der Waals surface area (Å²) in [4.78, 5) is 0. The van der Waals surface area contributed by atoms with Crippen molar-refractivity contribution in [2.45, 2.75) is 90.9 Å². The van der Waals surface area contributed by atoms with Gasteiger partial charge in [-0.15, -0.1) is 0 Å². The van der Waals surface area contributed by atoms with E-state index in [1.807, 2.05) is 13.8 Å². The molecule has 0 amide bonds. The second kappa shape index (κ2) is 10.4. The number of rotatable bonds is 11. The van der Waals surface area contributed by atoms with E-state index in [1.165, 1.54) is 0 Å². The average Bonchev–Trinajstić information content (AvgIpc) is 2.34. The molecule has 6 heteroatoms. The van der Waals surface area contributed by atoms with Crippen LogP contribution >= 0.6 is 0 Å². The maximum absolute atomic E-state index is 12.5. The maximum atomic E-state index is 12.5. The lowest BCUT2D eigenvalue weighted by atomic mass is 9.86. The maximum Gasteiger partial charge on any atom is 0.389 e. The predicted octanol–water partition coefficient (Wildman–Crippen LogP) is 7.53. The van der Waals surface area contributed by atoms with E-state index < -0.39 is 25.2 Å². The van der Waals surface area contributed by atoms with Crippen LogP contribution in [0.5, 0.6) is 0 Å². The smallest absolute Gasteiger partial charge is 0.171 e. The van der Waals surface area contributed by atoms with Crippen LogP contribution in [-0.2, 0) is 0 Å². The van der Waals surface area contributed by atoms with E-state index in [1.54, 1.807) is 6.92 Å². The highest BCUT2D eigenvalue weighted by Gasteiger charge is 2.32. The van der Waals surface area contributed by atoms with E-state index in [4.69, 9.17) is 0 Å². The van der Waals surface area contributed by atoms with Crippen molar-refractivity contribution in [1.82, 2.24) is 0 Å². The zero-order chi connectivity index (χ0) is 18.1. The minimum absolute atomic E-state index is 0.121. The molecule has 0 heterocycles. The van der Waals surface area contributed by atoms with Crippen LogP contribution in [0, 0.1) is 17.8 Å². The van der Waals surface area contributed by atoms with Crippen molar-refractivity contribution in [1.29, 1.82) is 0 Å². The molecule has 0 aromatic carbocycles. The topological polar surface area (TPSA) is 0 Å². The van der Waals surface area contributed by atoms with Crippen molar-refractivity contribution in [2.75, 3.05) is 0 Å². The Morgan fingerprint density at radius 2 is 1.26 bits per heavy atom. The van der Waals surface area contributed by atoms with Crippen molar-refractivity contribution in [2.24, 2.45) is 17.8 Å². The highest BCUT2D eigenvalue weighted by atomic mass is 19.4. The molecule has 0 saturated heterocycles. The molecule has 0 radical (unpaired) electrons. The zero-order valence-corrected chi connectivity index (χ0v) is 14.4. The molecule has 0 saturated carbocycles. The normalized spacial score (nSPS) is 17.1. The molecule has 0 bridgehead atoms. The lowest BCUT2D eigenvalue weighted by Crippen LogP contribution is -2.17. The van der Waals surface area contributed by atoms with Gasteiger partial charge in [-0.05, 0) is 24.2 Å². The fraction of sp³-hybridized carbons (Fsp3) is 1.00. The molecule has 0 fully saturated rings. The van der Waals surface area contributed by atoms with Crippen LogP contribution in [0.4, 0.5) is 26.3 Å². The van der Waals surface area contributed by atoms with Crippen LogP contribution in [0.2, 0.25) is 0 Å². The van der Waals surface area contributed by atoms with Gasteiger partial charge >= 0.3 is 12.4 Å². The van der Waals surface area contributed by atoms with Gasteiger partial charge in [-0.3, -0.25) is 0 Å². The molecule has 23 heavy (non-hydrogen) atoms. The number of hydrogen-bond donors (Lipinski definition) is 0. The molecular weight excluding hydrogens is 318 g/mol. The van der Waals surface area contributed by atoms with Gasteiger partial charge in [-0.1, -0.05) is 59.3 Å². The van der Waals surface area contributed by atoms with E-state index in [0.717, 1.165) is 6.42 Å². The monoisotopic (exact) mass is 348 g/mol. The highest BCUT2D eigenvalue weighted by Crippen LogP contribution is 2.33. The summed E-state index contributed by atoms with van der Waals surface area (Å²) in [6, 6.07) is 0. The fourth-order valence-corrected chi connectivity index (χ4v) is 3.25. The number of hydrogen-bond acceptors (Lipinski definition) is 0. The van der Waals surface area contributed by atoms with Gasteiger partial charge in [0.05, 0.1) is 0 Å². The Hall–Kier alpha value is -0.420. The first-order valence-corrected chi connectivity index (χ1v) is 8.60. The summed E-state index contributed by atoms with van der Waals surface area (Å²) < 4.78 is 74.8. The first-order valence-electron chi connectivity index (χ1n) is 8.60. The first kappa shape index (κ1) is 22.6. The van der Waals surface area contributed by atoms with Crippen LogP contribution in [-0.4, -0.2) is 12.4 Å². The van der Waals surface area contributed by atoms with Gasteiger partial charge in [0.15, 0.2) is 0 Å². The second-order valence-electron chi connectivity index (χ2n) is 6.84. The van der Waals surface area contributed by atoms with Crippen molar-refractivity contribution in [3.63, 3.8) is 0 Å². The summed E-state index contributed by atoms with van der Waals surface area (Å²) in [7, 11) is 0. The Bertz CT molecular complexity index is 294. The van der Waals surface area contributed by atoms with E-state index >= 15 is 0 Å². The van der Waals surface area contributed by atoms with Crippen molar-refractivity contribution < 1.29 is 26.3 Å². The largest absolute Gasteiger partial charge is 0.389 e. The molecule has 0 aliphatic carbocycles. The molecule has 0 nitrogen and oxygen atoms in total. The summed E-state index contributed by atoms with van der Waals surface area (Å²) in [6.45, 7) is 5.52. The SMILES string of the molecule is CCC[C@H](CCCC(C)C[C@@H](CC)CC(F)(F)F)CC(F)(F)F. The molecule has 3 atom stereocenters. The van der Waals surface area contributed by atoms with Gasteiger partial charge in [0.1, 0.15) is 0 Å². The van der Waals surface area contributed by atoms with Gasteiger partial charge in [0.2, 0.25) is 0 Å². The van der Waals surface area contributed by atoms with E-state index in [-0.39, 0.29) is 17.8 Å². The first-order chi connectivity index (χ1) is 10.5. The zero-order valence-electron chi connectivity index (χ0n) is 14.4. The Morgan fingerprint density at radius 3 is 1.70 bits per heavy atom. The molecule has 0 aliphatic heterocycles. The Labute approximate surface area is 136 Å². The second-order valence-corrected chi connectivity index (χ2v) is 6.84. The number of halogens is 6. The van der Waals surface area contributed by atoms with Gasteiger partial charge in [-0.2, -0.15) is 26.3 Å². The van der Waals surface area contributed by atoms with Crippen molar-refractivity contribution in [3.05, 3.63) is 0 Å². The van der Waals surface area contributed by atoms with E-state index in [0.29, 0.717) is 38.5 Å². The summed E-state index contributed by atoms with van der Waals surface area (Å²) in [5.74, 6) is -0.619. The van der Waals surface area contributed by atoms with Crippen LogP contribution < -0.4 is 0 Å². The summed E-state index contributed by atoms with van der Waals surface area (Å²) >= 11 is 0. The molecule has 1 unspecified atom stereocenters. The highest BCUT2D eigenvalue weighted by molar-refractivity contribution is 4.69. The van der Waals surface area contributed by atoms with Crippen LogP contribution in [0.3, 0.4) is 0 Å². The molecular formula is C17H30F6. The van der Waals surface area contributed by atoms with Crippen molar-refractivity contribution in [3.8, 4) is 0 Å². The molecule has 0 N–H and O–H groups in total. The average molecular weight is 348 g/mol. The van der Waals surface area contributed by atoms with E-state index in [9.17, 15) is 26.3 Å². The molecule has 0 aromatic rings. The standard InChI is InChI=1S/C17H30F6/c1-4-7-15(12-17(21,22)23)9-6-8-13(3)10-14(5-2)11-16(18,19)20/h13-15H,4-12H2,1-3H3/t13?,14-,15-/m1/s1. The molecule has 0 aromatic heterocycles. The number of alkyl halides is 6. The molecule has 0 aliphatic rings. The summed E-state index contributed by atoms with van der Waals surface area (Å²) in [5, 5.41) is 0. The van der Waals surface area contributed by atoms with Crippen LogP contribution in [0.15, 0.2) is 0 Å². The predicted molar refractivity (Wildman–Crippen MR) is 81.2 cm³/mol. The van der Waals surface area contributed by atoms with Gasteiger partial charge in [-0.25, -0.2) is 0 Å². The van der Waals surface area contributed by atoms with Gasteiger partial charge < -0.3 is 0 Å². The Kier molecular flexibility index (Phi) is 10.3. The lowest BCUT2D eigenvalue weighted by Gasteiger charge is -2.22.